The van der Waals surface area contributed by atoms with E-state index in [1.807, 2.05) is 0 Å². The molecule has 0 radical (unpaired) electrons. The van der Waals surface area contributed by atoms with Crippen molar-refractivity contribution in [1.82, 2.24) is 10.3 Å². The van der Waals surface area contributed by atoms with Gasteiger partial charge in [-0.25, -0.2) is 0 Å². The highest BCUT2D eigenvalue weighted by Gasteiger charge is 2.03. The van der Waals surface area contributed by atoms with Gasteiger partial charge in [-0.15, -0.1) is 0 Å². The normalized spacial score (nSPS) is 9.65. The van der Waals surface area contributed by atoms with Crippen molar-refractivity contribution < 1.29 is 19.4 Å². The topological polar surface area (TPSA) is 88.5 Å². The number of rotatable bonds is 7. The van der Waals surface area contributed by atoms with Crippen LogP contribution in [0.4, 0.5) is 0 Å². The number of ether oxygens (including phenoxy) is 1. The average molecular weight is 238 g/mol. The van der Waals surface area contributed by atoms with Gasteiger partial charge < -0.3 is 15.2 Å². The first-order valence-electron chi connectivity index (χ1n) is 5.20. The van der Waals surface area contributed by atoms with Crippen LogP contribution >= 0.6 is 0 Å². The van der Waals surface area contributed by atoms with Crippen molar-refractivity contribution in [1.29, 1.82) is 0 Å². The van der Waals surface area contributed by atoms with Crippen molar-refractivity contribution in [3.63, 3.8) is 0 Å². The van der Waals surface area contributed by atoms with Crippen LogP contribution in [0, 0.1) is 0 Å². The fraction of sp³-hybridized carbons (Fsp3) is 0.364. The van der Waals surface area contributed by atoms with Gasteiger partial charge in [0.05, 0.1) is 12.8 Å². The third kappa shape index (κ3) is 6.14. The zero-order chi connectivity index (χ0) is 12.5. The van der Waals surface area contributed by atoms with Crippen molar-refractivity contribution in [2.24, 2.45) is 0 Å². The zero-order valence-electron chi connectivity index (χ0n) is 9.26. The van der Waals surface area contributed by atoms with E-state index in [2.05, 4.69) is 10.3 Å². The van der Waals surface area contributed by atoms with Gasteiger partial charge in [0.15, 0.2) is 0 Å². The van der Waals surface area contributed by atoms with Crippen molar-refractivity contribution in [2.75, 3.05) is 13.2 Å². The van der Waals surface area contributed by atoms with E-state index >= 15 is 0 Å². The molecule has 0 aliphatic rings. The number of carboxylic acids is 1. The number of nitrogens with zero attached hydrogens (tertiary/aromatic N) is 1. The molecule has 17 heavy (non-hydrogen) atoms. The Morgan fingerprint density at radius 3 is 2.94 bits per heavy atom. The maximum atomic E-state index is 11.1. The molecule has 1 rings (SSSR count). The molecule has 6 heteroatoms. The van der Waals surface area contributed by atoms with E-state index in [1.54, 1.807) is 24.5 Å². The van der Waals surface area contributed by atoms with Crippen LogP contribution in [0.15, 0.2) is 24.5 Å². The minimum absolute atomic E-state index is 0.244. The summed E-state index contributed by atoms with van der Waals surface area (Å²) in [6.45, 7) is 0.0501. The van der Waals surface area contributed by atoms with Crippen LogP contribution in [-0.2, 0) is 9.59 Å². The predicted molar refractivity (Wildman–Crippen MR) is 59.6 cm³/mol. The number of carboxylic acid groups (broad SMARTS) is 1. The van der Waals surface area contributed by atoms with Gasteiger partial charge in [-0.05, 0) is 18.6 Å². The summed E-state index contributed by atoms with van der Waals surface area (Å²) in [5.41, 5.74) is 0. The van der Waals surface area contributed by atoms with Gasteiger partial charge in [-0.3, -0.25) is 14.6 Å². The fourth-order valence-corrected chi connectivity index (χ4v) is 1.12. The lowest BCUT2D eigenvalue weighted by Crippen LogP contribution is -2.29. The highest BCUT2D eigenvalue weighted by Crippen LogP contribution is 2.06. The molecule has 0 unspecified atom stereocenters. The molecule has 1 heterocycles. The SMILES string of the molecule is O=C(O)CNC(=O)CCCOc1cccnc1. The maximum absolute atomic E-state index is 11.1. The Morgan fingerprint density at radius 1 is 1.47 bits per heavy atom. The van der Waals surface area contributed by atoms with Crippen LogP contribution in [0.1, 0.15) is 12.8 Å². The second-order valence-electron chi connectivity index (χ2n) is 3.31. The molecular weight excluding hydrogens is 224 g/mol. The van der Waals surface area contributed by atoms with Crippen molar-refractivity contribution in [3.05, 3.63) is 24.5 Å². The van der Waals surface area contributed by atoms with Crippen molar-refractivity contribution >= 4 is 11.9 Å². The summed E-state index contributed by atoms with van der Waals surface area (Å²) in [4.78, 5) is 25.2. The molecule has 6 nitrogen and oxygen atoms in total. The van der Waals surface area contributed by atoms with Crippen LogP contribution in [0.25, 0.3) is 0 Å². The molecule has 2 N–H and O–H groups in total. The molecule has 0 atom stereocenters. The monoisotopic (exact) mass is 238 g/mol. The fourth-order valence-electron chi connectivity index (χ4n) is 1.12. The van der Waals surface area contributed by atoms with E-state index in [0.29, 0.717) is 18.8 Å². The first-order valence-corrected chi connectivity index (χ1v) is 5.20. The maximum Gasteiger partial charge on any atom is 0.322 e. The predicted octanol–water partition coefficient (Wildman–Crippen LogP) is 0.441. The van der Waals surface area contributed by atoms with E-state index in [4.69, 9.17) is 9.84 Å². The first-order chi connectivity index (χ1) is 8.18. The number of hydrogen-bond acceptors (Lipinski definition) is 4. The quantitative estimate of drug-likeness (QED) is 0.673. The number of carbonyl (C=O) groups is 2. The molecule has 0 aliphatic heterocycles. The van der Waals surface area contributed by atoms with Gasteiger partial charge in [0.25, 0.3) is 0 Å². The first kappa shape index (κ1) is 13.0. The minimum Gasteiger partial charge on any atom is -0.492 e. The Bertz CT molecular complexity index is 367. The van der Waals surface area contributed by atoms with Gasteiger partial charge in [0.2, 0.25) is 5.91 Å². The van der Waals surface area contributed by atoms with E-state index in [1.165, 1.54) is 0 Å². The van der Waals surface area contributed by atoms with Crippen molar-refractivity contribution in [2.45, 2.75) is 12.8 Å². The molecule has 0 saturated carbocycles. The highest BCUT2D eigenvalue weighted by molar-refractivity contribution is 5.80. The summed E-state index contributed by atoms with van der Waals surface area (Å²) in [5.74, 6) is -0.689. The van der Waals surface area contributed by atoms with Gasteiger partial charge >= 0.3 is 5.97 Å². The number of aromatic nitrogens is 1. The standard InChI is InChI=1S/C11H14N2O4/c14-10(13-8-11(15)16)4-2-6-17-9-3-1-5-12-7-9/h1,3,5,7H,2,4,6,8H2,(H,13,14)(H,15,16). The van der Waals surface area contributed by atoms with Crippen LogP contribution in [0.2, 0.25) is 0 Å². The molecule has 0 spiro atoms. The summed E-state index contributed by atoms with van der Waals surface area (Å²) in [5, 5.41) is 10.6. The van der Waals surface area contributed by atoms with Crippen LogP contribution in [0.3, 0.4) is 0 Å². The summed E-state index contributed by atoms with van der Waals surface area (Å²) in [6, 6.07) is 3.53. The largest absolute Gasteiger partial charge is 0.492 e. The summed E-state index contributed by atoms with van der Waals surface area (Å²) >= 11 is 0. The van der Waals surface area contributed by atoms with E-state index in [9.17, 15) is 9.59 Å². The molecule has 0 bridgehead atoms. The van der Waals surface area contributed by atoms with Gasteiger partial charge in [0, 0.05) is 12.6 Å². The Labute approximate surface area is 98.6 Å². The Morgan fingerprint density at radius 2 is 2.29 bits per heavy atom. The van der Waals surface area contributed by atoms with E-state index in [0.717, 1.165) is 0 Å². The third-order valence-corrected chi connectivity index (χ3v) is 1.89. The Hall–Kier alpha value is -2.11. The van der Waals surface area contributed by atoms with Gasteiger partial charge in [-0.1, -0.05) is 0 Å². The number of aliphatic carboxylic acids is 1. The minimum atomic E-state index is -1.05. The smallest absolute Gasteiger partial charge is 0.322 e. The number of amides is 1. The zero-order valence-corrected chi connectivity index (χ0v) is 9.26. The van der Waals surface area contributed by atoms with Crippen molar-refractivity contribution in [3.8, 4) is 5.75 Å². The number of nitrogens with one attached hydrogen (secondary N) is 1. The molecule has 1 aromatic heterocycles. The summed E-state index contributed by atoms with van der Waals surface area (Å²) < 4.78 is 5.32. The number of carbonyl (C=O) groups excluding carboxylic acids is 1. The molecular formula is C11H14N2O4. The lowest BCUT2D eigenvalue weighted by Gasteiger charge is -2.05. The van der Waals surface area contributed by atoms with Gasteiger partial charge in [-0.2, -0.15) is 0 Å². The molecule has 1 amide bonds. The molecule has 0 aromatic carbocycles. The molecule has 0 fully saturated rings. The number of pyridine rings is 1. The second kappa shape index (κ2) is 7.21. The van der Waals surface area contributed by atoms with Crippen LogP contribution in [0.5, 0.6) is 5.75 Å². The van der Waals surface area contributed by atoms with Crippen LogP contribution < -0.4 is 10.1 Å². The Balaban J connectivity index is 2.08. The van der Waals surface area contributed by atoms with Gasteiger partial charge in [0.1, 0.15) is 12.3 Å². The molecule has 0 saturated heterocycles. The van der Waals surface area contributed by atoms with E-state index < -0.39 is 5.97 Å². The number of hydrogen-bond donors (Lipinski definition) is 2. The second-order valence-corrected chi connectivity index (χ2v) is 3.31. The molecule has 0 aliphatic carbocycles. The lowest BCUT2D eigenvalue weighted by molar-refractivity contribution is -0.137. The summed E-state index contributed by atoms with van der Waals surface area (Å²) in [7, 11) is 0. The molecule has 92 valence electrons. The average Bonchev–Trinajstić information content (AvgIpc) is 2.33. The highest BCUT2D eigenvalue weighted by atomic mass is 16.5. The summed E-state index contributed by atoms with van der Waals surface area (Å²) in [6.07, 6.45) is 4.00. The van der Waals surface area contributed by atoms with E-state index in [-0.39, 0.29) is 18.9 Å². The third-order valence-electron chi connectivity index (χ3n) is 1.89. The van der Waals surface area contributed by atoms with Crippen LogP contribution in [-0.4, -0.2) is 35.1 Å². The Kier molecular flexibility index (Phi) is 5.50. The lowest BCUT2D eigenvalue weighted by atomic mass is 10.3. The molecule has 1 aromatic rings.